The molecule has 0 saturated heterocycles. The molecular formula is C18H21Br2O2P. The van der Waals surface area contributed by atoms with E-state index in [1.807, 2.05) is 18.2 Å². The zero-order valence-electron chi connectivity index (χ0n) is 12.9. The van der Waals surface area contributed by atoms with Gasteiger partial charge in [-0.1, -0.05) is 68.3 Å². The van der Waals surface area contributed by atoms with Gasteiger partial charge in [-0.25, -0.2) is 0 Å². The van der Waals surface area contributed by atoms with E-state index in [4.69, 9.17) is 9.42 Å². The molecule has 1 N–H and O–H groups in total. The van der Waals surface area contributed by atoms with Crippen molar-refractivity contribution < 1.29 is 9.42 Å². The smallest absolute Gasteiger partial charge is 0.212 e. The summed E-state index contributed by atoms with van der Waals surface area (Å²) in [6, 6.07) is 14.4. The Morgan fingerprint density at radius 3 is 2.30 bits per heavy atom. The summed E-state index contributed by atoms with van der Waals surface area (Å²) in [5.74, 6) is 0.742. The highest BCUT2D eigenvalue weighted by atomic mass is 79.9. The summed E-state index contributed by atoms with van der Waals surface area (Å²) in [7, 11) is -0.542. The highest BCUT2D eigenvalue weighted by Gasteiger charge is 2.13. The Labute approximate surface area is 156 Å². The van der Waals surface area contributed by atoms with Crippen molar-refractivity contribution in [2.24, 2.45) is 0 Å². The molecular weight excluding hydrogens is 439 g/mol. The van der Waals surface area contributed by atoms with Crippen molar-refractivity contribution in [2.75, 3.05) is 10.7 Å². The second kappa shape index (κ2) is 10.5. The van der Waals surface area contributed by atoms with Crippen LogP contribution in [0.3, 0.4) is 0 Å². The molecule has 2 rings (SSSR count). The predicted octanol–water partition coefficient (Wildman–Crippen LogP) is 5.89. The van der Waals surface area contributed by atoms with Gasteiger partial charge in [-0.2, -0.15) is 0 Å². The molecule has 0 aliphatic rings. The molecule has 1 atom stereocenters. The number of alkyl halides is 2. The fourth-order valence-electron chi connectivity index (χ4n) is 2.74. The van der Waals surface area contributed by atoms with Crippen LogP contribution in [-0.4, -0.2) is 15.6 Å². The van der Waals surface area contributed by atoms with E-state index in [-0.39, 0.29) is 0 Å². The Bertz CT molecular complexity index is 620. The molecule has 0 amide bonds. The summed E-state index contributed by atoms with van der Waals surface area (Å²) in [5.41, 5.74) is 5.07. The first-order chi connectivity index (χ1) is 11.3. The SMILES string of the molecule is OPOc1ccccc1-c1cccc(CCCBr)c1CCCBr. The highest BCUT2D eigenvalue weighted by Crippen LogP contribution is 2.36. The monoisotopic (exact) mass is 458 g/mol. The van der Waals surface area contributed by atoms with Crippen LogP contribution in [0.4, 0.5) is 0 Å². The van der Waals surface area contributed by atoms with E-state index in [0.29, 0.717) is 0 Å². The van der Waals surface area contributed by atoms with Crippen LogP contribution in [-0.2, 0) is 12.8 Å². The van der Waals surface area contributed by atoms with E-state index in [2.05, 4.69) is 56.1 Å². The maximum Gasteiger partial charge on any atom is 0.212 e. The van der Waals surface area contributed by atoms with Crippen molar-refractivity contribution in [3.63, 3.8) is 0 Å². The summed E-state index contributed by atoms with van der Waals surface area (Å²) in [6.45, 7) is 0. The molecule has 0 fully saturated rings. The average molecular weight is 460 g/mol. The first-order valence-corrected chi connectivity index (χ1v) is 10.8. The number of rotatable bonds is 9. The number of hydrogen-bond donors (Lipinski definition) is 1. The molecule has 0 aliphatic carbocycles. The largest absolute Gasteiger partial charge is 0.449 e. The van der Waals surface area contributed by atoms with Crippen molar-refractivity contribution >= 4 is 40.9 Å². The number of halogens is 2. The number of hydrogen-bond acceptors (Lipinski definition) is 2. The summed E-state index contributed by atoms with van der Waals surface area (Å²) in [4.78, 5) is 9.17. The highest BCUT2D eigenvalue weighted by molar-refractivity contribution is 9.09. The van der Waals surface area contributed by atoms with Gasteiger partial charge in [-0.15, -0.1) is 0 Å². The molecule has 0 aromatic heterocycles. The van der Waals surface area contributed by atoms with Crippen LogP contribution in [0.2, 0.25) is 0 Å². The molecule has 0 spiro atoms. The molecule has 2 aromatic carbocycles. The lowest BCUT2D eigenvalue weighted by molar-refractivity contribution is 0.515. The van der Waals surface area contributed by atoms with E-state index in [1.54, 1.807) is 0 Å². The number of para-hydroxylation sites is 1. The van der Waals surface area contributed by atoms with Crippen molar-refractivity contribution in [3.05, 3.63) is 53.6 Å². The fraction of sp³-hybridized carbons (Fsp3) is 0.333. The van der Waals surface area contributed by atoms with Gasteiger partial charge in [-0.3, -0.25) is 0 Å². The standard InChI is InChI=1S/C18H21Br2O2P/c19-12-4-7-14-6-3-9-16(15(14)10-5-13-20)17-8-1-2-11-18(17)22-23-21/h1-3,6,8-9,11,21,23H,4-5,7,10,12-13H2. The molecule has 0 heterocycles. The van der Waals surface area contributed by atoms with Gasteiger partial charge in [0.25, 0.3) is 0 Å². The van der Waals surface area contributed by atoms with Gasteiger partial charge in [0.2, 0.25) is 9.03 Å². The molecule has 0 saturated carbocycles. The minimum atomic E-state index is -0.542. The number of aryl methyl sites for hydroxylation is 1. The first-order valence-electron chi connectivity index (χ1n) is 7.69. The average Bonchev–Trinajstić information content (AvgIpc) is 2.59. The maximum absolute atomic E-state index is 9.17. The second-order valence-corrected chi connectivity index (χ2v) is 7.19. The molecule has 0 bridgehead atoms. The van der Waals surface area contributed by atoms with E-state index < -0.39 is 9.03 Å². The van der Waals surface area contributed by atoms with Crippen LogP contribution in [0.5, 0.6) is 5.75 Å². The zero-order valence-corrected chi connectivity index (χ0v) is 17.1. The minimum Gasteiger partial charge on any atom is -0.449 e. The third-order valence-electron chi connectivity index (χ3n) is 3.75. The van der Waals surface area contributed by atoms with Crippen LogP contribution >= 0.6 is 40.9 Å². The number of benzene rings is 2. The maximum atomic E-state index is 9.17. The van der Waals surface area contributed by atoms with Gasteiger partial charge in [0.15, 0.2) is 0 Å². The summed E-state index contributed by atoms with van der Waals surface area (Å²) in [5, 5.41) is 2.01. The van der Waals surface area contributed by atoms with Gasteiger partial charge < -0.3 is 9.42 Å². The summed E-state index contributed by atoms with van der Waals surface area (Å²) < 4.78 is 5.44. The fourth-order valence-corrected chi connectivity index (χ4v) is 3.58. The van der Waals surface area contributed by atoms with Crippen molar-refractivity contribution in [2.45, 2.75) is 25.7 Å². The van der Waals surface area contributed by atoms with Gasteiger partial charge in [0.1, 0.15) is 5.75 Å². The Balaban J connectivity index is 2.48. The predicted molar refractivity (Wildman–Crippen MR) is 107 cm³/mol. The molecule has 2 aromatic rings. The summed E-state index contributed by atoms with van der Waals surface area (Å²) >= 11 is 7.07. The molecule has 2 nitrogen and oxygen atoms in total. The quantitative estimate of drug-likeness (QED) is 0.374. The Morgan fingerprint density at radius 2 is 1.57 bits per heavy atom. The van der Waals surface area contributed by atoms with Crippen LogP contribution in [0.1, 0.15) is 24.0 Å². The lowest BCUT2D eigenvalue weighted by Crippen LogP contribution is -2.00. The third-order valence-corrected chi connectivity index (χ3v) is 5.18. The van der Waals surface area contributed by atoms with Crippen LogP contribution in [0, 0.1) is 0 Å². The molecule has 124 valence electrons. The topological polar surface area (TPSA) is 29.5 Å². The van der Waals surface area contributed by atoms with E-state index >= 15 is 0 Å². The normalized spacial score (nSPS) is 11.3. The zero-order chi connectivity index (χ0) is 16.5. The molecule has 5 heteroatoms. The molecule has 0 radical (unpaired) electrons. The first kappa shape index (κ1) is 18.9. The summed E-state index contributed by atoms with van der Waals surface area (Å²) in [6.07, 6.45) is 4.33. The Morgan fingerprint density at radius 1 is 0.870 bits per heavy atom. The lowest BCUT2D eigenvalue weighted by atomic mass is 9.90. The van der Waals surface area contributed by atoms with Crippen molar-refractivity contribution in [1.29, 1.82) is 0 Å². The van der Waals surface area contributed by atoms with Gasteiger partial charge in [0.05, 0.1) is 0 Å². The third kappa shape index (κ3) is 5.29. The minimum absolute atomic E-state index is 0.542. The van der Waals surface area contributed by atoms with E-state index in [1.165, 1.54) is 16.7 Å². The van der Waals surface area contributed by atoms with Crippen LogP contribution in [0.15, 0.2) is 42.5 Å². The Kier molecular flexibility index (Phi) is 8.60. The van der Waals surface area contributed by atoms with Gasteiger partial charge in [0, 0.05) is 16.2 Å². The second-order valence-electron chi connectivity index (χ2n) is 5.22. The van der Waals surface area contributed by atoms with Gasteiger partial charge >= 0.3 is 0 Å². The van der Waals surface area contributed by atoms with Crippen LogP contribution in [0.25, 0.3) is 11.1 Å². The molecule has 23 heavy (non-hydrogen) atoms. The van der Waals surface area contributed by atoms with E-state index in [0.717, 1.165) is 47.7 Å². The molecule has 1 unspecified atom stereocenters. The molecule has 0 aliphatic heterocycles. The van der Waals surface area contributed by atoms with E-state index in [9.17, 15) is 0 Å². The van der Waals surface area contributed by atoms with Crippen molar-refractivity contribution in [1.82, 2.24) is 0 Å². The van der Waals surface area contributed by atoms with Gasteiger partial charge in [-0.05, 0) is 48.4 Å². The lowest BCUT2D eigenvalue weighted by Gasteiger charge is -2.17. The van der Waals surface area contributed by atoms with Crippen molar-refractivity contribution in [3.8, 4) is 16.9 Å². The Hall–Kier alpha value is -0.410. The van der Waals surface area contributed by atoms with Crippen LogP contribution < -0.4 is 4.52 Å².